The third-order valence-electron chi connectivity index (χ3n) is 5.73. The summed E-state index contributed by atoms with van der Waals surface area (Å²) >= 11 is 0. The molecule has 26 heavy (non-hydrogen) atoms. The Kier molecular flexibility index (Phi) is 6.65. The Bertz CT molecular complexity index is 656. The zero-order chi connectivity index (χ0) is 18.4. The molecule has 1 fully saturated rings. The summed E-state index contributed by atoms with van der Waals surface area (Å²) in [5.41, 5.74) is 3.94. The first kappa shape index (κ1) is 18.9. The normalized spacial score (nSPS) is 20.3. The van der Waals surface area contributed by atoms with Crippen LogP contribution in [0.2, 0.25) is 0 Å². The van der Waals surface area contributed by atoms with E-state index >= 15 is 0 Å². The lowest BCUT2D eigenvalue weighted by molar-refractivity contribution is -0.0498. The highest BCUT2D eigenvalue weighted by atomic mass is 19.3. The minimum absolute atomic E-state index is 0.214. The molecule has 0 spiro atoms. The molecule has 0 amide bonds. The summed E-state index contributed by atoms with van der Waals surface area (Å²) in [6.07, 6.45) is 8.56. The van der Waals surface area contributed by atoms with E-state index in [0.717, 1.165) is 30.2 Å². The highest BCUT2D eigenvalue weighted by molar-refractivity contribution is 5.30. The van der Waals surface area contributed by atoms with Gasteiger partial charge >= 0.3 is 6.61 Å². The Morgan fingerprint density at radius 3 is 1.88 bits per heavy atom. The Hall–Kier alpha value is -1.90. The van der Waals surface area contributed by atoms with Gasteiger partial charge in [-0.05, 0) is 79.2 Å². The predicted octanol–water partition coefficient (Wildman–Crippen LogP) is 6.76. The van der Waals surface area contributed by atoms with E-state index in [2.05, 4.69) is 35.9 Å². The van der Waals surface area contributed by atoms with Gasteiger partial charge in [0.2, 0.25) is 0 Å². The van der Waals surface area contributed by atoms with Gasteiger partial charge in [-0.1, -0.05) is 49.7 Å². The van der Waals surface area contributed by atoms with E-state index < -0.39 is 6.61 Å². The molecule has 0 aliphatic heterocycles. The fourth-order valence-electron chi connectivity index (χ4n) is 3.99. The van der Waals surface area contributed by atoms with Crippen LogP contribution in [0.25, 0.3) is 0 Å². The van der Waals surface area contributed by atoms with E-state index in [4.69, 9.17) is 0 Å². The van der Waals surface area contributed by atoms with Crippen molar-refractivity contribution in [2.75, 3.05) is 0 Å². The van der Waals surface area contributed by atoms with E-state index in [1.165, 1.54) is 43.2 Å². The molecule has 0 unspecified atom stereocenters. The minimum atomic E-state index is -2.77. The van der Waals surface area contributed by atoms with E-state index in [1.54, 1.807) is 12.1 Å². The number of rotatable bonds is 7. The first-order valence-electron chi connectivity index (χ1n) is 9.76. The number of ether oxygens (including phenoxy) is 1. The summed E-state index contributed by atoms with van der Waals surface area (Å²) in [5.74, 6) is 1.88. The van der Waals surface area contributed by atoms with Crippen molar-refractivity contribution >= 4 is 0 Å². The lowest BCUT2D eigenvalue weighted by atomic mass is 9.78. The molecule has 0 aromatic heterocycles. The second-order valence-corrected chi connectivity index (χ2v) is 7.39. The first-order chi connectivity index (χ1) is 12.6. The molecule has 0 saturated heterocycles. The van der Waals surface area contributed by atoms with Crippen molar-refractivity contribution in [3.05, 3.63) is 65.2 Å². The first-order valence-corrected chi connectivity index (χ1v) is 9.76. The quantitative estimate of drug-likeness (QED) is 0.531. The summed E-state index contributed by atoms with van der Waals surface area (Å²) in [7, 11) is 0. The van der Waals surface area contributed by atoms with Gasteiger partial charge < -0.3 is 4.74 Å². The van der Waals surface area contributed by atoms with Gasteiger partial charge in [-0.2, -0.15) is 8.78 Å². The molecule has 0 radical (unpaired) electrons. The van der Waals surface area contributed by atoms with Gasteiger partial charge in [-0.3, -0.25) is 0 Å². The number of alkyl halides is 2. The Morgan fingerprint density at radius 2 is 1.38 bits per heavy atom. The van der Waals surface area contributed by atoms with Crippen LogP contribution in [-0.2, 0) is 12.8 Å². The highest BCUT2D eigenvalue weighted by Gasteiger charge is 2.21. The zero-order valence-corrected chi connectivity index (χ0v) is 15.5. The lowest BCUT2D eigenvalue weighted by Gasteiger charge is -2.28. The second-order valence-electron chi connectivity index (χ2n) is 7.39. The minimum Gasteiger partial charge on any atom is -0.435 e. The molecule has 1 saturated carbocycles. The van der Waals surface area contributed by atoms with E-state index in [9.17, 15) is 8.78 Å². The SMILES string of the molecule is CC[C@H]1CC[C@H](c2ccc(CCc3ccc(OC(F)F)cc3)cc2)CC1. The third-order valence-corrected chi connectivity index (χ3v) is 5.73. The number of benzene rings is 2. The summed E-state index contributed by atoms with van der Waals surface area (Å²) in [6, 6.07) is 16.0. The van der Waals surface area contributed by atoms with Gasteiger partial charge in [-0.15, -0.1) is 0 Å². The van der Waals surface area contributed by atoms with Crippen LogP contribution in [0.5, 0.6) is 5.75 Å². The summed E-state index contributed by atoms with van der Waals surface area (Å²) in [6.45, 7) is -0.463. The van der Waals surface area contributed by atoms with Crippen LogP contribution in [0.4, 0.5) is 8.78 Å². The van der Waals surface area contributed by atoms with Gasteiger partial charge in [-0.25, -0.2) is 0 Å². The van der Waals surface area contributed by atoms with Gasteiger partial charge in [0.25, 0.3) is 0 Å². The predicted molar refractivity (Wildman–Crippen MR) is 102 cm³/mol. The molecular weight excluding hydrogens is 330 g/mol. The fraction of sp³-hybridized carbons (Fsp3) is 0.478. The maximum Gasteiger partial charge on any atom is 0.387 e. The van der Waals surface area contributed by atoms with Crippen LogP contribution in [-0.4, -0.2) is 6.61 Å². The van der Waals surface area contributed by atoms with E-state index in [-0.39, 0.29) is 5.75 Å². The fourth-order valence-corrected chi connectivity index (χ4v) is 3.99. The number of hydrogen-bond donors (Lipinski definition) is 0. The van der Waals surface area contributed by atoms with E-state index in [1.807, 2.05) is 12.1 Å². The van der Waals surface area contributed by atoms with Crippen LogP contribution >= 0.6 is 0 Å². The monoisotopic (exact) mass is 358 g/mol. The summed E-state index contributed by atoms with van der Waals surface area (Å²) < 4.78 is 28.7. The molecule has 2 aromatic carbocycles. The Balaban J connectivity index is 1.50. The number of hydrogen-bond acceptors (Lipinski definition) is 1. The third kappa shape index (κ3) is 5.30. The average Bonchev–Trinajstić information content (AvgIpc) is 2.67. The topological polar surface area (TPSA) is 9.23 Å². The molecule has 1 aliphatic carbocycles. The molecule has 0 atom stereocenters. The molecule has 0 heterocycles. The van der Waals surface area contributed by atoms with Crippen LogP contribution in [0.15, 0.2) is 48.5 Å². The van der Waals surface area contributed by atoms with Gasteiger partial charge in [0.05, 0.1) is 0 Å². The van der Waals surface area contributed by atoms with E-state index in [0.29, 0.717) is 0 Å². The maximum atomic E-state index is 12.2. The molecule has 2 aromatic rings. The summed E-state index contributed by atoms with van der Waals surface area (Å²) in [5, 5.41) is 0. The largest absolute Gasteiger partial charge is 0.435 e. The molecular formula is C23H28F2O. The van der Waals surface area contributed by atoms with Crippen LogP contribution in [0.1, 0.15) is 61.6 Å². The molecule has 0 bridgehead atoms. The Morgan fingerprint density at radius 1 is 0.846 bits per heavy atom. The molecule has 0 N–H and O–H groups in total. The van der Waals surface area contributed by atoms with Crippen LogP contribution in [0.3, 0.4) is 0 Å². The Labute approximate surface area is 155 Å². The average molecular weight is 358 g/mol. The van der Waals surface area contributed by atoms with Crippen molar-refractivity contribution in [2.45, 2.75) is 64.4 Å². The molecule has 1 aliphatic rings. The molecule has 3 rings (SSSR count). The van der Waals surface area contributed by atoms with Crippen LogP contribution in [0, 0.1) is 5.92 Å². The standard InChI is InChI=1S/C23H28F2O/c1-2-17-5-11-20(12-6-17)21-13-7-18(8-14-21)3-4-19-9-15-22(16-10-19)26-23(24)25/h7-10,13-17,20,23H,2-6,11-12H2,1H3/t17-,20-. The molecule has 1 nitrogen and oxygen atoms in total. The maximum absolute atomic E-state index is 12.2. The van der Waals surface area contributed by atoms with Crippen LogP contribution < -0.4 is 4.74 Å². The summed E-state index contributed by atoms with van der Waals surface area (Å²) in [4.78, 5) is 0. The number of halogens is 2. The van der Waals surface area contributed by atoms with Crippen molar-refractivity contribution in [2.24, 2.45) is 5.92 Å². The van der Waals surface area contributed by atoms with Crippen molar-refractivity contribution in [1.82, 2.24) is 0 Å². The van der Waals surface area contributed by atoms with Gasteiger partial charge in [0, 0.05) is 0 Å². The van der Waals surface area contributed by atoms with Gasteiger partial charge in [0.1, 0.15) is 5.75 Å². The lowest BCUT2D eigenvalue weighted by Crippen LogP contribution is -2.12. The van der Waals surface area contributed by atoms with Gasteiger partial charge in [0.15, 0.2) is 0 Å². The second kappa shape index (κ2) is 9.16. The van der Waals surface area contributed by atoms with Crippen molar-refractivity contribution in [3.63, 3.8) is 0 Å². The van der Waals surface area contributed by atoms with Crippen molar-refractivity contribution in [1.29, 1.82) is 0 Å². The zero-order valence-electron chi connectivity index (χ0n) is 15.5. The molecule has 3 heteroatoms. The van der Waals surface area contributed by atoms with Crippen molar-refractivity contribution < 1.29 is 13.5 Å². The van der Waals surface area contributed by atoms with Crippen molar-refractivity contribution in [3.8, 4) is 5.75 Å². The highest BCUT2D eigenvalue weighted by Crippen LogP contribution is 2.36. The molecule has 140 valence electrons. The smallest absolute Gasteiger partial charge is 0.387 e. The number of aryl methyl sites for hydroxylation is 2.